The van der Waals surface area contributed by atoms with Crippen molar-refractivity contribution < 1.29 is 4.79 Å². The van der Waals surface area contributed by atoms with Gasteiger partial charge in [0.25, 0.3) is 0 Å². The van der Waals surface area contributed by atoms with Gasteiger partial charge in [0.05, 0.1) is 0 Å². The lowest BCUT2D eigenvalue weighted by atomic mass is 9.93. The second-order valence-corrected chi connectivity index (χ2v) is 6.38. The van der Waals surface area contributed by atoms with E-state index in [0.29, 0.717) is 6.04 Å². The number of carbonyl (C=O) groups is 1. The van der Waals surface area contributed by atoms with Crippen molar-refractivity contribution in [3.63, 3.8) is 0 Å². The molecule has 21 heavy (non-hydrogen) atoms. The van der Waals surface area contributed by atoms with Crippen LogP contribution in [0.2, 0.25) is 0 Å². The molecule has 1 aliphatic heterocycles. The van der Waals surface area contributed by atoms with E-state index in [1.807, 2.05) is 23.1 Å². The fourth-order valence-electron chi connectivity index (χ4n) is 3.58. The topological polar surface area (TPSA) is 32.3 Å². The van der Waals surface area contributed by atoms with Crippen LogP contribution in [0.4, 0.5) is 0 Å². The smallest absolute Gasteiger partial charge is 0.244 e. The maximum Gasteiger partial charge on any atom is 0.244 e. The van der Waals surface area contributed by atoms with E-state index in [9.17, 15) is 4.79 Å². The highest BCUT2D eigenvalue weighted by Crippen LogP contribution is 2.24. The van der Waals surface area contributed by atoms with Gasteiger partial charge in [0.1, 0.15) is 6.04 Å². The number of rotatable bonds is 4. The van der Waals surface area contributed by atoms with Gasteiger partial charge in [-0.2, -0.15) is 0 Å². The second-order valence-electron chi connectivity index (χ2n) is 6.38. The SMILES string of the molecule is O=C(C(NC1CCCCC1)c1ccccc1)N1CCCC1. The van der Waals surface area contributed by atoms with Crippen LogP contribution in [0.15, 0.2) is 30.3 Å². The molecule has 1 saturated carbocycles. The van der Waals surface area contributed by atoms with Gasteiger partial charge in [-0.15, -0.1) is 0 Å². The minimum atomic E-state index is -0.160. The van der Waals surface area contributed by atoms with Gasteiger partial charge in [-0.25, -0.2) is 0 Å². The lowest BCUT2D eigenvalue weighted by Gasteiger charge is -2.30. The summed E-state index contributed by atoms with van der Waals surface area (Å²) >= 11 is 0. The lowest BCUT2D eigenvalue weighted by Crippen LogP contribution is -2.44. The Bertz CT molecular complexity index is 448. The summed E-state index contributed by atoms with van der Waals surface area (Å²) in [6.07, 6.45) is 8.63. The molecule has 2 fully saturated rings. The molecule has 1 unspecified atom stereocenters. The van der Waals surface area contributed by atoms with Crippen LogP contribution in [0.25, 0.3) is 0 Å². The number of likely N-dealkylation sites (tertiary alicyclic amines) is 1. The Morgan fingerprint density at radius 1 is 1.00 bits per heavy atom. The first-order valence-corrected chi connectivity index (χ1v) is 8.44. The molecule has 1 atom stereocenters. The van der Waals surface area contributed by atoms with Crippen LogP contribution in [0, 0.1) is 0 Å². The summed E-state index contributed by atoms with van der Waals surface area (Å²) in [4.78, 5) is 14.9. The van der Waals surface area contributed by atoms with E-state index in [0.717, 1.165) is 31.5 Å². The number of hydrogen-bond acceptors (Lipinski definition) is 2. The molecule has 0 spiro atoms. The molecule has 1 aromatic carbocycles. The molecule has 1 aromatic rings. The zero-order chi connectivity index (χ0) is 14.5. The summed E-state index contributed by atoms with van der Waals surface area (Å²) < 4.78 is 0. The quantitative estimate of drug-likeness (QED) is 0.921. The Morgan fingerprint density at radius 2 is 1.67 bits per heavy atom. The molecular weight excluding hydrogens is 260 g/mol. The fourth-order valence-corrected chi connectivity index (χ4v) is 3.58. The molecule has 114 valence electrons. The monoisotopic (exact) mass is 286 g/mol. The maximum atomic E-state index is 12.9. The molecule has 1 aliphatic carbocycles. The van der Waals surface area contributed by atoms with Crippen LogP contribution >= 0.6 is 0 Å². The van der Waals surface area contributed by atoms with E-state index in [2.05, 4.69) is 17.4 Å². The normalized spacial score (nSPS) is 21.4. The molecule has 0 bridgehead atoms. The highest BCUT2D eigenvalue weighted by molar-refractivity contribution is 5.83. The predicted molar refractivity (Wildman–Crippen MR) is 85.0 cm³/mol. The third-order valence-electron chi connectivity index (χ3n) is 4.81. The van der Waals surface area contributed by atoms with Crippen LogP contribution in [0.5, 0.6) is 0 Å². The summed E-state index contributed by atoms with van der Waals surface area (Å²) in [5.74, 6) is 0.268. The fraction of sp³-hybridized carbons (Fsp3) is 0.611. The Hall–Kier alpha value is -1.35. The number of nitrogens with zero attached hydrogens (tertiary/aromatic N) is 1. The van der Waals surface area contributed by atoms with Crippen molar-refractivity contribution in [3.8, 4) is 0 Å². The minimum absolute atomic E-state index is 0.160. The molecule has 1 heterocycles. The average molecular weight is 286 g/mol. The van der Waals surface area contributed by atoms with Gasteiger partial charge in [-0.3, -0.25) is 10.1 Å². The van der Waals surface area contributed by atoms with Crippen molar-refractivity contribution in [2.45, 2.75) is 57.0 Å². The zero-order valence-corrected chi connectivity index (χ0v) is 12.8. The maximum absolute atomic E-state index is 12.9. The van der Waals surface area contributed by atoms with Crippen LogP contribution in [-0.2, 0) is 4.79 Å². The first-order valence-electron chi connectivity index (χ1n) is 8.44. The molecule has 1 saturated heterocycles. The first-order chi connectivity index (χ1) is 10.3. The van der Waals surface area contributed by atoms with Crippen LogP contribution in [-0.4, -0.2) is 29.9 Å². The third kappa shape index (κ3) is 3.65. The molecule has 3 heteroatoms. The van der Waals surface area contributed by atoms with Crippen molar-refractivity contribution in [1.82, 2.24) is 10.2 Å². The Kier molecular flexibility index (Phi) is 4.91. The van der Waals surface area contributed by atoms with Gasteiger partial charge >= 0.3 is 0 Å². The lowest BCUT2D eigenvalue weighted by molar-refractivity contribution is -0.132. The molecular formula is C18H26N2O. The van der Waals surface area contributed by atoms with Crippen LogP contribution < -0.4 is 5.32 Å². The largest absolute Gasteiger partial charge is 0.341 e. The third-order valence-corrected chi connectivity index (χ3v) is 4.81. The number of carbonyl (C=O) groups excluding carboxylic acids is 1. The number of benzene rings is 1. The van der Waals surface area contributed by atoms with E-state index in [1.165, 1.54) is 32.1 Å². The van der Waals surface area contributed by atoms with Gasteiger partial charge < -0.3 is 4.90 Å². The second kappa shape index (κ2) is 7.08. The summed E-state index contributed by atoms with van der Waals surface area (Å²) in [6, 6.07) is 10.6. The summed E-state index contributed by atoms with van der Waals surface area (Å²) in [5.41, 5.74) is 1.11. The van der Waals surface area contributed by atoms with E-state index < -0.39 is 0 Å². The molecule has 2 aliphatic rings. The average Bonchev–Trinajstić information content (AvgIpc) is 3.08. The molecule has 3 rings (SSSR count). The van der Waals surface area contributed by atoms with E-state index in [1.54, 1.807) is 0 Å². The van der Waals surface area contributed by atoms with Crippen molar-refractivity contribution in [2.24, 2.45) is 0 Å². The van der Waals surface area contributed by atoms with Crippen LogP contribution in [0.1, 0.15) is 56.6 Å². The zero-order valence-electron chi connectivity index (χ0n) is 12.8. The summed E-state index contributed by atoms with van der Waals surface area (Å²) in [5, 5.41) is 3.66. The highest BCUT2D eigenvalue weighted by Gasteiger charge is 2.29. The molecule has 0 aromatic heterocycles. The van der Waals surface area contributed by atoms with Crippen molar-refractivity contribution >= 4 is 5.91 Å². The van der Waals surface area contributed by atoms with E-state index >= 15 is 0 Å². The van der Waals surface area contributed by atoms with Gasteiger partial charge in [0.15, 0.2) is 0 Å². The molecule has 1 N–H and O–H groups in total. The first kappa shape index (κ1) is 14.6. The van der Waals surface area contributed by atoms with Gasteiger partial charge in [0.2, 0.25) is 5.91 Å². The molecule has 3 nitrogen and oxygen atoms in total. The van der Waals surface area contributed by atoms with E-state index in [-0.39, 0.29) is 11.9 Å². The predicted octanol–water partition coefficient (Wildman–Crippen LogP) is 3.27. The molecule has 1 amide bonds. The number of amides is 1. The number of nitrogens with one attached hydrogen (secondary N) is 1. The highest BCUT2D eigenvalue weighted by atomic mass is 16.2. The summed E-state index contributed by atoms with van der Waals surface area (Å²) in [7, 11) is 0. The van der Waals surface area contributed by atoms with Crippen LogP contribution in [0.3, 0.4) is 0 Å². The van der Waals surface area contributed by atoms with E-state index in [4.69, 9.17) is 0 Å². The van der Waals surface area contributed by atoms with Crippen molar-refractivity contribution in [2.75, 3.05) is 13.1 Å². The Morgan fingerprint density at radius 3 is 2.33 bits per heavy atom. The minimum Gasteiger partial charge on any atom is -0.341 e. The Labute approximate surface area is 127 Å². The van der Waals surface area contributed by atoms with Crippen molar-refractivity contribution in [1.29, 1.82) is 0 Å². The van der Waals surface area contributed by atoms with Gasteiger partial charge in [0, 0.05) is 19.1 Å². The number of hydrogen-bond donors (Lipinski definition) is 1. The summed E-state index contributed by atoms with van der Waals surface area (Å²) in [6.45, 7) is 1.85. The Balaban J connectivity index is 1.75. The standard InChI is InChI=1S/C18H26N2O/c21-18(20-13-7-8-14-20)17(15-9-3-1-4-10-15)19-16-11-5-2-6-12-16/h1,3-4,9-10,16-17,19H,2,5-8,11-14H2. The molecule has 0 radical (unpaired) electrons. The van der Waals surface area contributed by atoms with Crippen molar-refractivity contribution in [3.05, 3.63) is 35.9 Å². The van der Waals surface area contributed by atoms with Gasteiger partial charge in [-0.1, -0.05) is 49.6 Å². The van der Waals surface area contributed by atoms with Gasteiger partial charge in [-0.05, 0) is 31.2 Å².